The van der Waals surface area contributed by atoms with Gasteiger partial charge in [-0.15, -0.1) is 0 Å². The zero-order chi connectivity index (χ0) is 27.4. The van der Waals surface area contributed by atoms with Gasteiger partial charge in [0.1, 0.15) is 6.54 Å². The fourth-order valence-corrected chi connectivity index (χ4v) is 4.27. The van der Waals surface area contributed by atoms with Gasteiger partial charge in [-0.3, -0.25) is 14.6 Å². The summed E-state index contributed by atoms with van der Waals surface area (Å²) in [5.74, 6) is -3.07. The number of carbonyl (C=O) groups is 3. The minimum atomic E-state index is -5.08. The zero-order valence-electron chi connectivity index (χ0n) is 19.7. The normalized spacial score (nSPS) is 12.7. The van der Waals surface area contributed by atoms with Gasteiger partial charge in [0.2, 0.25) is 5.91 Å². The van der Waals surface area contributed by atoms with E-state index in [1.165, 1.54) is 4.90 Å². The molecular weight excluding hydrogens is 524 g/mol. The Morgan fingerprint density at radius 3 is 2.25 bits per heavy atom. The summed E-state index contributed by atoms with van der Waals surface area (Å²) in [6.07, 6.45) is -5.08. The lowest BCUT2D eigenvalue weighted by Gasteiger charge is -2.22. The molecule has 0 saturated heterocycles. The maximum Gasteiger partial charge on any atom is 0.490 e. The Kier molecular flexibility index (Phi) is 9.70. The van der Waals surface area contributed by atoms with Crippen molar-refractivity contribution in [3.05, 3.63) is 50.8 Å². The second kappa shape index (κ2) is 11.9. The lowest BCUT2D eigenvalue weighted by Crippen LogP contribution is -2.40. The average Bonchev–Trinajstić information content (AvgIpc) is 3.08. The topological polar surface area (TPSA) is 117 Å². The molecule has 1 aliphatic rings. The number of pyridine rings is 1. The standard InChI is InChI=1S/C21H24Cl2N4O2.C2HF3O2/c1-4-26(5-2)18(28)11-27-10-17-20(21(27)29)19(15(9-24)12(3)25-17)14-7-6-13(22)8-16(14)23;3-2(4,5)1(6)7/h6-8H,4-5,9-11,24H2,1-3H3;(H,6,7). The largest absolute Gasteiger partial charge is 0.490 e. The molecule has 3 rings (SSSR count). The molecule has 0 radical (unpaired) electrons. The molecule has 196 valence electrons. The van der Waals surface area contributed by atoms with Gasteiger partial charge in [-0.1, -0.05) is 29.3 Å². The van der Waals surface area contributed by atoms with E-state index in [0.717, 1.165) is 11.3 Å². The fraction of sp³-hybridized carbons (Fsp3) is 0.391. The molecule has 2 heterocycles. The van der Waals surface area contributed by atoms with Crippen LogP contribution in [0, 0.1) is 6.92 Å². The molecule has 1 aromatic heterocycles. The number of aliphatic carboxylic acids is 1. The number of halogens is 5. The highest BCUT2D eigenvalue weighted by atomic mass is 35.5. The van der Waals surface area contributed by atoms with Crippen LogP contribution in [0.1, 0.15) is 41.2 Å². The summed E-state index contributed by atoms with van der Waals surface area (Å²) < 4.78 is 31.7. The smallest absolute Gasteiger partial charge is 0.475 e. The monoisotopic (exact) mass is 548 g/mol. The van der Waals surface area contributed by atoms with E-state index in [-0.39, 0.29) is 31.4 Å². The molecule has 8 nitrogen and oxygen atoms in total. The number of alkyl halides is 3. The van der Waals surface area contributed by atoms with Crippen LogP contribution in [0.5, 0.6) is 0 Å². The molecule has 0 spiro atoms. The number of fused-ring (bicyclic) bond motifs is 1. The molecule has 1 aliphatic heterocycles. The number of carboxylic acid groups (broad SMARTS) is 1. The predicted octanol–water partition coefficient (Wildman–Crippen LogP) is 4.28. The van der Waals surface area contributed by atoms with Crippen LogP contribution in [-0.4, -0.2) is 63.5 Å². The van der Waals surface area contributed by atoms with Crippen molar-refractivity contribution in [2.45, 2.75) is 40.0 Å². The molecule has 0 aliphatic carbocycles. The van der Waals surface area contributed by atoms with Crippen molar-refractivity contribution in [3.63, 3.8) is 0 Å². The van der Waals surface area contributed by atoms with Crippen molar-refractivity contribution in [3.8, 4) is 11.1 Å². The van der Waals surface area contributed by atoms with Gasteiger partial charge in [-0.05, 0) is 38.5 Å². The summed E-state index contributed by atoms with van der Waals surface area (Å²) in [4.78, 5) is 42.6. The van der Waals surface area contributed by atoms with Gasteiger partial charge in [0, 0.05) is 46.5 Å². The Morgan fingerprint density at radius 2 is 1.78 bits per heavy atom. The molecular formula is C23H25Cl2F3N4O4. The van der Waals surface area contributed by atoms with E-state index in [0.29, 0.717) is 45.5 Å². The van der Waals surface area contributed by atoms with Gasteiger partial charge in [0.15, 0.2) is 0 Å². The number of rotatable bonds is 6. The lowest BCUT2D eigenvalue weighted by atomic mass is 9.93. The minimum absolute atomic E-state index is 0.0155. The second-order valence-corrected chi connectivity index (χ2v) is 8.57. The number of aromatic nitrogens is 1. The Balaban J connectivity index is 0.000000572. The first kappa shape index (κ1) is 29.3. The van der Waals surface area contributed by atoms with Crippen LogP contribution >= 0.6 is 23.2 Å². The number of aryl methyl sites for hydroxylation is 1. The van der Waals surface area contributed by atoms with E-state index in [1.54, 1.807) is 23.1 Å². The second-order valence-electron chi connectivity index (χ2n) is 7.73. The minimum Gasteiger partial charge on any atom is -0.475 e. The van der Waals surface area contributed by atoms with Crippen LogP contribution in [0.15, 0.2) is 18.2 Å². The number of likely N-dealkylation sites (N-methyl/N-ethyl adjacent to an activating group) is 1. The SMILES string of the molecule is CCN(CC)C(=O)CN1Cc2nc(C)c(CN)c(-c3ccc(Cl)cc3Cl)c2C1=O.O=C(O)C(F)(F)F. The van der Waals surface area contributed by atoms with Crippen molar-refractivity contribution in [2.24, 2.45) is 5.73 Å². The van der Waals surface area contributed by atoms with Crippen LogP contribution < -0.4 is 5.73 Å². The third-order valence-electron chi connectivity index (χ3n) is 5.51. The first-order chi connectivity index (χ1) is 16.8. The van der Waals surface area contributed by atoms with Crippen molar-refractivity contribution in [1.29, 1.82) is 0 Å². The summed E-state index contributed by atoms with van der Waals surface area (Å²) in [5.41, 5.74) is 9.98. The number of nitrogens with zero attached hydrogens (tertiary/aromatic N) is 3. The van der Waals surface area contributed by atoms with E-state index < -0.39 is 12.1 Å². The Bertz CT molecular complexity index is 1170. The molecule has 0 atom stereocenters. The van der Waals surface area contributed by atoms with E-state index in [4.69, 9.17) is 38.8 Å². The van der Waals surface area contributed by atoms with Crippen molar-refractivity contribution < 1.29 is 32.7 Å². The number of hydrogen-bond donors (Lipinski definition) is 2. The Morgan fingerprint density at radius 1 is 1.19 bits per heavy atom. The molecule has 1 aromatic carbocycles. The quantitative estimate of drug-likeness (QED) is 0.556. The summed E-state index contributed by atoms with van der Waals surface area (Å²) in [6.45, 7) is 7.42. The molecule has 2 amide bonds. The average molecular weight is 549 g/mol. The van der Waals surface area contributed by atoms with Gasteiger partial charge in [-0.25, -0.2) is 4.79 Å². The van der Waals surface area contributed by atoms with E-state index in [9.17, 15) is 22.8 Å². The molecule has 0 fully saturated rings. The summed E-state index contributed by atoms with van der Waals surface area (Å²) in [6, 6.07) is 5.16. The van der Waals surface area contributed by atoms with Crippen LogP contribution in [0.2, 0.25) is 10.0 Å². The molecule has 2 aromatic rings. The highest BCUT2D eigenvalue weighted by Crippen LogP contribution is 2.39. The van der Waals surface area contributed by atoms with E-state index in [2.05, 4.69) is 4.98 Å². The highest BCUT2D eigenvalue weighted by molar-refractivity contribution is 6.36. The van der Waals surface area contributed by atoms with Crippen molar-refractivity contribution >= 4 is 41.0 Å². The third kappa shape index (κ3) is 6.45. The van der Waals surface area contributed by atoms with Crippen molar-refractivity contribution in [2.75, 3.05) is 19.6 Å². The lowest BCUT2D eigenvalue weighted by molar-refractivity contribution is -0.192. The molecule has 0 unspecified atom stereocenters. The van der Waals surface area contributed by atoms with Gasteiger partial charge < -0.3 is 20.6 Å². The summed E-state index contributed by atoms with van der Waals surface area (Å²) >= 11 is 12.5. The number of benzene rings is 1. The van der Waals surface area contributed by atoms with Crippen LogP contribution in [0.4, 0.5) is 13.2 Å². The molecule has 13 heteroatoms. The van der Waals surface area contributed by atoms with Crippen LogP contribution in [0.25, 0.3) is 11.1 Å². The summed E-state index contributed by atoms with van der Waals surface area (Å²) in [7, 11) is 0. The number of nitrogens with two attached hydrogens (primary N) is 1. The molecule has 0 saturated carbocycles. The summed E-state index contributed by atoms with van der Waals surface area (Å²) in [5, 5.41) is 8.07. The maximum absolute atomic E-state index is 13.3. The van der Waals surface area contributed by atoms with Gasteiger partial charge in [0.25, 0.3) is 5.91 Å². The van der Waals surface area contributed by atoms with E-state index >= 15 is 0 Å². The van der Waals surface area contributed by atoms with Gasteiger partial charge in [-0.2, -0.15) is 13.2 Å². The van der Waals surface area contributed by atoms with Crippen molar-refractivity contribution in [1.82, 2.24) is 14.8 Å². The number of carboxylic acids is 1. The number of carbonyl (C=O) groups excluding carboxylic acids is 2. The Labute approximate surface area is 215 Å². The maximum atomic E-state index is 13.3. The molecule has 0 bridgehead atoms. The first-order valence-corrected chi connectivity index (χ1v) is 11.6. The van der Waals surface area contributed by atoms with Crippen LogP contribution in [-0.2, 0) is 22.7 Å². The van der Waals surface area contributed by atoms with Gasteiger partial charge in [0.05, 0.1) is 17.8 Å². The third-order valence-corrected chi connectivity index (χ3v) is 6.06. The van der Waals surface area contributed by atoms with E-state index in [1.807, 2.05) is 20.8 Å². The first-order valence-electron chi connectivity index (χ1n) is 10.8. The number of amides is 2. The number of hydrogen-bond acceptors (Lipinski definition) is 5. The molecule has 36 heavy (non-hydrogen) atoms. The highest BCUT2D eigenvalue weighted by Gasteiger charge is 2.38. The predicted molar refractivity (Wildman–Crippen MR) is 129 cm³/mol. The zero-order valence-corrected chi connectivity index (χ0v) is 21.3. The fourth-order valence-electron chi connectivity index (χ4n) is 3.76. The van der Waals surface area contributed by atoms with Gasteiger partial charge >= 0.3 is 12.1 Å². The Hall–Kier alpha value is -2.89. The molecule has 3 N–H and O–H groups in total. The van der Waals surface area contributed by atoms with Crippen LogP contribution in [0.3, 0.4) is 0 Å².